The summed E-state index contributed by atoms with van der Waals surface area (Å²) in [6.07, 6.45) is 2.45. The van der Waals surface area contributed by atoms with Crippen LogP contribution in [0.2, 0.25) is 0 Å². The number of nitrogens with one attached hydrogen (secondary N) is 1. The van der Waals surface area contributed by atoms with Gasteiger partial charge in [0.25, 0.3) is 0 Å². The van der Waals surface area contributed by atoms with E-state index in [-0.39, 0.29) is 24.2 Å². The van der Waals surface area contributed by atoms with Gasteiger partial charge in [0, 0.05) is 31.9 Å². The number of benzene rings is 1. The minimum Gasteiger partial charge on any atom is -0.339 e. The molecule has 2 amide bonds. The zero-order valence-corrected chi connectivity index (χ0v) is 17.5. The molecule has 1 fully saturated rings. The normalized spacial score (nSPS) is 17.0. The second-order valence-corrected chi connectivity index (χ2v) is 7.29. The van der Waals surface area contributed by atoms with Gasteiger partial charge in [0.05, 0.1) is 12.1 Å². The summed E-state index contributed by atoms with van der Waals surface area (Å²) in [6.45, 7) is 8.88. The summed E-state index contributed by atoms with van der Waals surface area (Å²) < 4.78 is 0. The van der Waals surface area contributed by atoms with E-state index in [1.807, 2.05) is 43.0 Å². The Balaban J connectivity index is 0.00000364. The largest absolute Gasteiger partial charge is 0.339 e. The summed E-state index contributed by atoms with van der Waals surface area (Å²) in [5, 5.41) is 3.00. The molecule has 1 aliphatic rings. The number of carbonyl (C=O) groups excluding carboxylic acids is 2. The summed E-state index contributed by atoms with van der Waals surface area (Å²) in [7, 11) is 0. The van der Waals surface area contributed by atoms with Crippen LogP contribution in [0.25, 0.3) is 0 Å². The minimum atomic E-state index is -0.793. The number of carbonyl (C=O) groups is 2. The van der Waals surface area contributed by atoms with Crippen molar-refractivity contribution >= 4 is 29.9 Å². The van der Waals surface area contributed by atoms with Gasteiger partial charge in [-0.25, -0.2) is 0 Å². The Morgan fingerprint density at radius 2 is 1.78 bits per heavy atom. The maximum atomic E-state index is 12.6. The van der Waals surface area contributed by atoms with Crippen molar-refractivity contribution in [2.75, 3.05) is 38.0 Å². The standard InChI is InChI=1S/C20H32N4O2.ClH/c1-4-10-20(3,21)19(26)24-13-11-23(12-14-24)15-18(25)22-17-9-7-6-8-16(17)5-2;/h6-9H,4-5,10-15,21H2,1-3H3,(H,22,25);1H. The molecule has 2 rings (SSSR count). The Kier molecular flexibility index (Phi) is 9.22. The average Bonchev–Trinajstić information content (AvgIpc) is 2.62. The van der Waals surface area contributed by atoms with E-state index in [2.05, 4.69) is 17.1 Å². The van der Waals surface area contributed by atoms with Crippen LogP contribution in [0.1, 0.15) is 39.2 Å². The molecule has 1 heterocycles. The molecule has 0 aliphatic carbocycles. The van der Waals surface area contributed by atoms with E-state index < -0.39 is 5.54 Å². The lowest BCUT2D eigenvalue weighted by Crippen LogP contribution is -2.58. The molecule has 0 aromatic heterocycles. The summed E-state index contributed by atoms with van der Waals surface area (Å²) in [6, 6.07) is 7.87. The molecule has 0 saturated carbocycles. The first-order valence-electron chi connectivity index (χ1n) is 9.55. The van der Waals surface area contributed by atoms with Gasteiger partial charge in [-0.1, -0.05) is 38.5 Å². The van der Waals surface area contributed by atoms with Gasteiger partial charge in [-0.3, -0.25) is 14.5 Å². The van der Waals surface area contributed by atoms with Crippen LogP contribution < -0.4 is 11.1 Å². The van der Waals surface area contributed by atoms with Crippen LogP contribution in [0, 0.1) is 0 Å². The summed E-state index contributed by atoms with van der Waals surface area (Å²) in [4.78, 5) is 28.8. The molecule has 1 aliphatic heterocycles. The number of anilines is 1. The molecule has 6 nitrogen and oxygen atoms in total. The maximum absolute atomic E-state index is 12.6. The number of hydrogen-bond donors (Lipinski definition) is 2. The highest BCUT2D eigenvalue weighted by molar-refractivity contribution is 5.93. The molecule has 1 unspecified atom stereocenters. The number of hydrogen-bond acceptors (Lipinski definition) is 4. The predicted octanol–water partition coefficient (Wildman–Crippen LogP) is 2.27. The lowest BCUT2D eigenvalue weighted by Gasteiger charge is -2.38. The van der Waals surface area contributed by atoms with Crippen molar-refractivity contribution < 1.29 is 9.59 Å². The quantitative estimate of drug-likeness (QED) is 0.741. The van der Waals surface area contributed by atoms with E-state index in [9.17, 15) is 9.59 Å². The van der Waals surface area contributed by atoms with Gasteiger partial charge >= 0.3 is 0 Å². The third kappa shape index (κ3) is 6.48. The maximum Gasteiger partial charge on any atom is 0.242 e. The van der Waals surface area contributed by atoms with Crippen LogP contribution in [0.5, 0.6) is 0 Å². The van der Waals surface area contributed by atoms with Gasteiger partial charge in [-0.05, 0) is 31.4 Å². The molecule has 7 heteroatoms. The van der Waals surface area contributed by atoms with Crippen LogP contribution in [0.15, 0.2) is 24.3 Å². The van der Waals surface area contributed by atoms with Gasteiger partial charge in [0.1, 0.15) is 0 Å². The Bertz CT molecular complexity index is 628. The van der Waals surface area contributed by atoms with Crippen molar-refractivity contribution in [3.63, 3.8) is 0 Å². The fourth-order valence-corrected chi connectivity index (χ4v) is 3.44. The van der Waals surface area contributed by atoms with Crippen molar-refractivity contribution in [2.24, 2.45) is 5.73 Å². The first-order chi connectivity index (χ1) is 12.4. The van der Waals surface area contributed by atoms with Crippen molar-refractivity contribution in [3.05, 3.63) is 29.8 Å². The Morgan fingerprint density at radius 1 is 1.15 bits per heavy atom. The summed E-state index contributed by atoms with van der Waals surface area (Å²) in [5.74, 6) is 0.000599. The first-order valence-corrected chi connectivity index (χ1v) is 9.55. The predicted molar refractivity (Wildman–Crippen MR) is 112 cm³/mol. The monoisotopic (exact) mass is 396 g/mol. The minimum absolute atomic E-state index is 0. The van der Waals surface area contributed by atoms with E-state index in [1.165, 1.54) is 0 Å². The molecule has 3 N–H and O–H groups in total. The second kappa shape index (κ2) is 10.6. The van der Waals surface area contributed by atoms with Gasteiger partial charge in [0.2, 0.25) is 11.8 Å². The number of halogens is 1. The van der Waals surface area contributed by atoms with Gasteiger partial charge < -0.3 is 16.0 Å². The van der Waals surface area contributed by atoms with Gasteiger partial charge in [-0.2, -0.15) is 0 Å². The summed E-state index contributed by atoms with van der Waals surface area (Å²) >= 11 is 0. The number of piperazine rings is 1. The number of para-hydroxylation sites is 1. The highest BCUT2D eigenvalue weighted by Crippen LogP contribution is 2.16. The zero-order chi connectivity index (χ0) is 19.2. The molecular weight excluding hydrogens is 364 g/mol. The molecule has 1 aromatic carbocycles. The number of nitrogens with zero attached hydrogens (tertiary/aromatic N) is 2. The van der Waals surface area contributed by atoms with Crippen molar-refractivity contribution in [1.82, 2.24) is 9.80 Å². The van der Waals surface area contributed by atoms with Gasteiger partial charge in [0.15, 0.2) is 0 Å². The molecule has 0 radical (unpaired) electrons. The molecule has 0 spiro atoms. The topological polar surface area (TPSA) is 78.7 Å². The van der Waals surface area contributed by atoms with Crippen LogP contribution in [0.4, 0.5) is 5.69 Å². The third-order valence-corrected chi connectivity index (χ3v) is 4.96. The fraction of sp³-hybridized carbons (Fsp3) is 0.600. The molecule has 1 aromatic rings. The molecular formula is C20H33ClN4O2. The van der Waals surface area contributed by atoms with Crippen LogP contribution in [0.3, 0.4) is 0 Å². The molecule has 1 saturated heterocycles. The number of rotatable bonds is 7. The summed E-state index contributed by atoms with van der Waals surface area (Å²) in [5.41, 5.74) is 7.38. The van der Waals surface area contributed by atoms with Crippen LogP contribution >= 0.6 is 12.4 Å². The number of amides is 2. The van der Waals surface area contributed by atoms with Crippen LogP contribution in [-0.2, 0) is 16.0 Å². The average molecular weight is 397 g/mol. The van der Waals surface area contributed by atoms with E-state index in [4.69, 9.17) is 5.73 Å². The fourth-order valence-electron chi connectivity index (χ4n) is 3.44. The molecule has 152 valence electrons. The number of nitrogens with two attached hydrogens (primary N) is 1. The van der Waals surface area contributed by atoms with E-state index in [1.54, 1.807) is 0 Å². The van der Waals surface area contributed by atoms with Gasteiger partial charge in [-0.15, -0.1) is 12.4 Å². The lowest BCUT2D eigenvalue weighted by atomic mass is 9.95. The SMILES string of the molecule is CCCC(C)(N)C(=O)N1CCN(CC(=O)Nc2ccccc2CC)CC1.Cl. The van der Waals surface area contributed by atoms with E-state index >= 15 is 0 Å². The highest BCUT2D eigenvalue weighted by Gasteiger charge is 2.33. The molecule has 1 atom stereocenters. The zero-order valence-electron chi connectivity index (χ0n) is 16.7. The Labute approximate surface area is 168 Å². The smallest absolute Gasteiger partial charge is 0.242 e. The van der Waals surface area contributed by atoms with Crippen molar-refractivity contribution in [2.45, 2.75) is 45.6 Å². The number of aryl methyl sites for hydroxylation is 1. The molecule has 0 bridgehead atoms. The van der Waals surface area contributed by atoms with Crippen LogP contribution in [-0.4, -0.2) is 59.9 Å². The second-order valence-electron chi connectivity index (χ2n) is 7.29. The third-order valence-electron chi connectivity index (χ3n) is 4.96. The molecule has 27 heavy (non-hydrogen) atoms. The highest BCUT2D eigenvalue weighted by atomic mass is 35.5. The van der Waals surface area contributed by atoms with Crippen molar-refractivity contribution in [1.29, 1.82) is 0 Å². The van der Waals surface area contributed by atoms with E-state index in [0.717, 1.165) is 24.1 Å². The Morgan fingerprint density at radius 3 is 2.37 bits per heavy atom. The Hall–Kier alpha value is -1.63. The van der Waals surface area contributed by atoms with Crippen molar-refractivity contribution in [3.8, 4) is 0 Å². The first kappa shape index (κ1) is 23.4. The van der Waals surface area contributed by atoms with E-state index in [0.29, 0.717) is 39.1 Å². The lowest BCUT2D eigenvalue weighted by molar-refractivity contribution is -0.138.